The van der Waals surface area contributed by atoms with Gasteiger partial charge in [-0.25, -0.2) is 9.97 Å². The largest absolute Gasteiger partial charge is 0.237 e. The zero-order chi connectivity index (χ0) is 9.42. The second-order valence-electron chi connectivity index (χ2n) is 3.03. The summed E-state index contributed by atoms with van der Waals surface area (Å²) in [5.41, 5.74) is 3.37. The minimum Gasteiger partial charge on any atom is -0.237 e. The van der Waals surface area contributed by atoms with Gasteiger partial charge >= 0.3 is 0 Å². The summed E-state index contributed by atoms with van der Waals surface area (Å²) >= 11 is 2.25. The number of aromatic nitrogens is 2. The molecule has 2 aromatic heterocycles. The van der Waals surface area contributed by atoms with Crippen LogP contribution in [-0.2, 0) is 0 Å². The molecule has 0 N–H and O–H groups in total. The molecule has 3 heteroatoms. The Bertz CT molecular complexity index is 466. The van der Waals surface area contributed by atoms with Gasteiger partial charge in [-0.2, -0.15) is 0 Å². The first-order chi connectivity index (χ1) is 6.20. The van der Waals surface area contributed by atoms with Crippen molar-refractivity contribution in [3.05, 3.63) is 33.2 Å². The number of nitrogens with zero attached hydrogens (tertiary/aromatic N) is 2. The fraction of sp³-hybridized carbons (Fsp3) is 0.200. The number of fused-ring (bicyclic) bond motifs is 1. The van der Waals surface area contributed by atoms with Crippen LogP contribution in [0.2, 0.25) is 0 Å². The van der Waals surface area contributed by atoms with E-state index in [1.165, 1.54) is 11.1 Å². The summed E-state index contributed by atoms with van der Waals surface area (Å²) in [7, 11) is 0. The van der Waals surface area contributed by atoms with Crippen molar-refractivity contribution in [1.29, 1.82) is 0 Å². The molecular formula is C10H9IN2. The lowest BCUT2D eigenvalue weighted by molar-refractivity contribution is 1.18. The molecule has 0 aromatic carbocycles. The number of pyridine rings is 2. The van der Waals surface area contributed by atoms with Crippen LogP contribution in [0.5, 0.6) is 0 Å². The molecule has 0 aliphatic heterocycles. The van der Waals surface area contributed by atoms with Crippen LogP contribution < -0.4 is 0 Å². The molecule has 0 radical (unpaired) electrons. The Morgan fingerprint density at radius 1 is 1.23 bits per heavy atom. The van der Waals surface area contributed by atoms with E-state index in [0.717, 1.165) is 14.7 Å². The Balaban J connectivity index is 2.94. The molecule has 0 saturated heterocycles. The second kappa shape index (κ2) is 3.21. The zero-order valence-corrected chi connectivity index (χ0v) is 9.66. The van der Waals surface area contributed by atoms with Crippen LogP contribution in [0.15, 0.2) is 18.3 Å². The van der Waals surface area contributed by atoms with Crippen molar-refractivity contribution in [2.24, 2.45) is 0 Å². The van der Waals surface area contributed by atoms with Crippen LogP contribution in [0.3, 0.4) is 0 Å². The van der Waals surface area contributed by atoms with Gasteiger partial charge in [-0.3, -0.25) is 0 Å². The van der Waals surface area contributed by atoms with E-state index in [-0.39, 0.29) is 0 Å². The van der Waals surface area contributed by atoms with Gasteiger partial charge in [0.2, 0.25) is 0 Å². The van der Waals surface area contributed by atoms with Crippen LogP contribution in [0.4, 0.5) is 0 Å². The molecule has 2 nitrogen and oxygen atoms in total. The Morgan fingerprint density at radius 3 is 2.77 bits per heavy atom. The molecule has 0 unspecified atom stereocenters. The maximum Gasteiger partial charge on any atom is 0.160 e. The van der Waals surface area contributed by atoms with Crippen molar-refractivity contribution in [2.75, 3.05) is 0 Å². The van der Waals surface area contributed by atoms with Crippen molar-refractivity contribution < 1.29 is 0 Å². The third-order valence-corrected chi connectivity index (χ3v) is 3.32. The highest BCUT2D eigenvalue weighted by atomic mass is 127. The topological polar surface area (TPSA) is 25.8 Å². The monoisotopic (exact) mass is 284 g/mol. The lowest BCUT2D eigenvalue weighted by Crippen LogP contribution is -1.94. The first-order valence-electron chi connectivity index (χ1n) is 4.07. The molecule has 2 heterocycles. The first-order valence-corrected chi connectivity index (χ1v) is 5.15. The van der Waals surface area contributed by atoms with Crippen molar-refractivity contribution >= 4 is 33.6 Å². The average Bonchev–Trinajstić information content (AvgIpc) is 2.15. The van der Waals surface area contributed by atoms with Crippen molar-refractivity contribution in [2.45, 2.75) is 13.8 Å². The Hall–Kier alpha value is -0.710. The van der Waals surface area contributed by atoms with Crippen molar-refractivity contribution in [3.63, 3.8) is 0 Å². The Morgan fingerprint density at radius 2 is 2.00 bits per heavy atom. The van der Waals surface area contributed by atoms with Gasteiger partial charge in [0.25, 0.3) is 0 Å². The highest BCUT2D eigenvalue weighted by Crippen LogP contribution is 2.21. The summed E-state index contributed by atoms with van der Waals surface area (Å²) in [6.45, 7) is 4.21. The Labute approximate surface area is 90.5 Å². The lowest BCUT2D eigenvalue weighted by Gasteiger charge is -2.05. The predicted molar refractivity (Wildman–Crippen MR) is 61.7 cm³/mol. The van der Waals surface area contributed by atoms with Crippen molar-refractivity contribution in [3.8, 4) is 0 Å². The Kier molecular flexibility index (Phi) is 2.19. The van der Waals surface area contributed by atoms with Crippen LogP contribution in [0, 0.1) is 17.5 Å². The quantitative estimate of drug-likeness (QED) is 0.549. The highest BCUT2D eigenvalue weighted by molar-refractivity contribution is 14.1. The SMILES string of the molecule is Cc1c(I)nc2ncccc2c1C. The van der Waals surface area contributed by atoms with E-state index < -0.39 is 0 Å². The summed E-state index contributed by atoms with van der Waals surface area (Å²) in [5, 5.41) is 1.15. The van der Waals surface area contributed by atoms with E-state index in [4.69, 9.17) is 0 Å². The summed E-state index contributed by atoms with van der Waals surface area (Å²) in [6, 6.07) is 4.01. The van der Waals surface area contributed by atoms with Gasteiger partial charge in [0, 0.05) is 11.6 Å². The van der Waals surface area contributed by atoms with E-state index in [9.17, 15) is 0 Å². The molecule has 0 aliphatic rings. The summed E-state index contributed by atoms with van der Waals surface area (Å²) in [6.07, 6.45) is 1.78. The normalized spacial score (nSPS) is 10.7. The second-order valence-corrected chi connectivity index (χ2v) is 4.05. The van der Waals surface area contributed by atoms with Crippen LogP contribution in [0.25, 0.3) is 11.0 Å². The predicted octanol–water partition coefficient (Wildman–Crippen LogP) is 2.85. The van der Waals surface area contributed by atoms with Crippen LogP contribution >= 0.6 is 22.6 Å². The maximum atomic E-state index is 4.41. The third kappa shape index (κ3) is 1.41. The van der Waals surface area contributed by atoms with Gasteiger partial charge in [0.05, 0.1) is 0 Å². The molecule has 0 aliphatic carbocycles. The molecule has 0 amide bonds. The highest BCUT2D eigenvalue weighted by Gasteiger charge is 2.05. The van der Waals surface area contributed by atoms with Gasteiger partial charge in [0.15, 0.2) is 5.65 Å². The molecular weight excluding hydrogens is 275 g/mol. The number of rotatable bonds is 0. The van der Waals surface area contributed by atoms with Crippen LogP contribution in [-0.4, -0.2) is 9.97 Å². The van der Waals surface area contributed by atoms with Gasteiger partial charge < -0.3 is 0 Å². The van der Waals surface area contributed by atoms with E-state index in [0.29, 0.717) is 0 Å². The summed E-state index contributed by atoms with van der Waals surface area (Å²) < 4.78 is 1.04. The lowest BCUT2D eigenvalue weighted by atomic mass is 10.1. The van der Waals surface area contributed by atoms with Gasteiger partial charge in [-0.15, -0.1) is 0 Å². The average molecular weight is 284 g/mol. The van der Waals surface area contributed by atoms with E-state index >= 15 is 0 Å². The van der Waals surface area contributed by atoms with Gasteiger partial charge in [-0.05, 0) is 59.7 Å². The smallest absolute Gasteiger partial charge is 0.160 e. The minimum atomic E-state index is 0.843. The molecule has 13 heavy (non-hydrogen) atoms. The molecule has 66 valence electrons. The molecule has 0 bridgehead atoms. The molecule has 0 saturated carbocycles. The fourth-order valence-electron chi connectivity index (χ4n) is 1.31. The van der Waals surface area contributed by atoms with E-state index in [1.54, 1.807) is 6.20 Å². The fourth-order valence-corrected chi connectivity index (χ4v) is 1.95. The molecule has 2 aromatic rings. The number of hydrogen-bond donors (Lipinski definition) is 0. The maximum absolute atomic E-state index is 4.41. The summed E-state index contributed by atoms with van der Waals surface area (Å²) in [4.78, 5) is 8.64. The standard InChI is InChI=1S/C10H9IN2/c1-6-7(2)9(11)13-10-8(6)4-3-5-12-10/h3-5H,1-2H3. The third-order valence-electron chi connectivity index (χ3n) is 2.27. The number of aryl methyl sites for hydroxylation is 1. The molecule has 0 atom stereocenters. The number of hydrogen-bond acceptors (Lipinski definition) is 2. The molecule has 2 rings (SSSR count). The summed E-state index contributed by atoms with van der Waals surface area (Å²) in [5.74, 6) is 0. The van der Waals surface area contributed by atoms with E-state index in [1.807, 2.05) is 6.07 Å². The van der Waals surface area contributed by atoms with E-state index in [2.05, 4.69) is 52.5 Å². The molecule has 0 spiro atoms. The zero-order valence-electron chi connectivity index (χ0n) is 7.50. The molecule has 0 fully saturated rings. The first kappa shape index (κ1) is 8.87. The van der Waals surface area contributed by atoms with Gasteiger partial charge in [-0.1, -0.05) is 0 Å². The number of halogens is 1. The minimum absolute atomic E-state index is 0.843. The van der Waals surface area contributed by atoms with Gasteiger partial charge in [0.1, 0.15) is 3.70 Å². The van der Waals surface area contributed by atoms with Crippen molar-refractivity contribution in [1.82, 2.24) is 9.97 Å². The van der Waals surface area contributed by atoms with Crippen LogP contribution in [0.1, 0.15) is 11.1 Å².